The van der Waals surface area contributed by atoms with Gasteiger partial charge in [-0.3, -0.25) is 4.98 Å². The zero-order valence-corrected chi connectivity index (χ0v) is 18.0. The molecule has 0 unspecified atom stereocenters. The van der Waals surface area contributed by atoms with Crippen molar-refractivity contribution in [2.75, 3.05) is 6.54 Å². The Morgan fingerprint density at radius 1 is 1.20 bits per heavy atom. The lowest BCUT2D eigenvalue weighted by atomic mass is 9.97. The largest absolute Gasteiger partial charge is 0.478 e. The number of pyridine rings is 1. The number of aryl methyl sites for hydroxylation is 1. The molecule has 3 heterocycles. The molecule has 0 amide bonds. The van der Waals surface area contributed by atoms with Gasteiger partial charge in [0.05, 0.1) is 23.3 Å². The number of carboxylic acid groups (broad SMARTS) is 1. The second-order valence-corrected chi connectivity index (χ2v) is 7.82. The summed E-state index contributed by atoms with van der Waals surface area (Å²) in [7, 11) is 0. The summed E-state index contributed by atoms with van der Waals surface area (Å²) in [6, 6.07) is 15.0. The van der Waals surface area contributed by atoms with Crippen molar-refractivity contribution in [1.29, 1.82) is 0 Å². The molecule has 30 heavy (non-hydrogen) atoms. The van der Waals surface area contributed by atoms with Gasteiger partial charge in [0.15, 0.2) is 5.11 Å². The molecule has 6 nitrogen and oxygen atoms in total. The topological polar surface area (TPSA) is 70.4 Å². The first-order chi connectivity index (χ1) is 14.4. The molecule has 154 valence electrons. The van der Waals surface area contributed by atoms with E-state index in [1.165, 1.54) is 0 Å². The molecule has 1 aliphatic rings. The Hall–Kier alpha value is -3.19. The molecule has 0 spiro atoms. The molecule has 3 aromatic rings. The summed E-state index contributed by atoms with van der Waals surface area (Å²) in [5, 5.41) is 13.5. The Bertz CT molecular complexity index is 1110. The van der Waals surface area contributed by atoms with Crippen molar-refractivity contribution in [1.82, 2.24) is 19.8 Å². The molecule has 1 saturated heterocycles. The van der Waals surface area contributed by atoms with E-state index in [-0.39, 0.29) is 17.6 Å². The maximum atomic E-state index is 11.4. The normalized spacial score (nSPS) is 18.5. The number of carboxylic acids is 1. The lowest BCUT2D eigenvalue weighted by molar-refractivity contribution is 0.0697. The Morgan fingerprint density at radius 2 is 2.00 bits per heavy atom. The van der Waals surface area contributed by atoms with Crippen LogP contribution in [0.5, 0.6) is 0 Å². The summed E-state index contributed by atoms with van der Waals surface area (Å²) in [5.74, 6) is -0.933. The van der Waals surface area contributed by atoms with Crippen molar-refractivity contribution in [2.24, 2.45) is 0 Å². The zero-order chi connectivity index (χ0) is 21.4. The number of carbonyl (C=O) groups is 1. The average Bonchev–Trinajstić information content (AvgIpc) is 3.23. The van der Waals surface area contributed by atoms with E-state index in [2.05, 4.69) is 39.7 Å². The summed E-state index contributed by atoms with van der Waals surface area (Å²) < 4.78 is 2.10. The van der Waals surface area contributed by atoms with Crippen LogP contribution in [0.25, 0.3) is 5.69 Å². The van der Waals surface area contributed by atoms with Crippen molar-refractivity contribution >= 4 is 23.3 Å². The molecule has 2 atom stereocenters. The van der Waals surface area contributed by atoms with Gasteiger partial charge in [-0.2, -0.15) is 0 Å². The highest BCUT2D eigenvalue weighted by Gasteiger charge is 2.40. The van der Waals surface area contributed by atoms with Gasteiger partial charge in [0.25, 0.3) is 0 Å². The van der Waals surface area contributed by atoms with Crippen LogP contribution >= 0.6 is 12.2 Å². The number of rotatable bonds is 5. The van der Waals surface area contributed by atoms with Crippen molar-refractivity contribution in [3.8, 4) is 5.69 Å². The van der Waals surface area contributed by atoms with Crippen molar-refractivity contribution in [3.05, 3.63) is 82.9 Å². The fourth-order valence-corrected chi connectivity index (χ4v) is 4.72. The van der Waals surface area contributed by atoms with Crippen LogP contribution in [0.1, 0.15) is 52.0 Å². The van der Waals surface area contributed by atoms with E-state index in [9.17, 15) is 9.90 Å². The number of likely N-dealkylation sites (N-methyl/N-ethyl adjacent to an activating group) is 1. The first-order valence-electron chi connectivity index (χ1n) is 9.93. The molecule has 1 fully saturated rings. The Morgan fingerprint density at radius 3 is 2.67 bits per heavy atom. The number of nitrogens with zero attached hydrogens (tertiary/aromatic N) is 3. The molecule has 0 saturated carbocycles. The molecule has 4 rings (SSSR count). The van der Waals surface area contributed by atoms with Gasteiger partial charge in [0.1, 0.15) is 0 Å². The SMILES string of the molecule is CCN1C(=S)N[C@@H](c2ccccn2)[C@@H]1c1cc(C)n(-c2cccc(C(=O)O)c2)c1C. The van der Waals surface area contributed by atoms with Crippen LogP contribution in [0, 0.1) is 13.8 Å². The van der Waals surface area contributed by atoms with Gasteiger partial charge in [-0.25, -0.2) is 4.79 Å². The lowest BCUT2D eigenvalue weighted by Gasteiger charge is -2.27. The molecule has 2 aromatic heterocycles. The third kappa shape index (κ3) is 3.35. The minimum Gasteiger partial charge on any atom is -0.478 e. The summed E-state index contributed by atoms with van der Waals surface area (Å²) in [5.41, 5.74) is 5.30. The van der Waals surface area contributed by atoms with Crippen LogP contribution in [-0.4, -0.2) is 37.2 Å². The van der Waals surface area contributed by atoms with E-state index in [1.54, 1.807) is 24.4 Å². The van der Waals surface area contributed by atoms with E-state index in [0.717, 1.165) is 40.0 Å². The smallest absolute Gasteiger partial charge is 0.335 e. The summed E-state index contributed by atoms with van der Waals surface area (Å²) in [4.78, 5) is 18.2. The Kier molecular flexibility index (Phi) is 5.30. The van der Waals surface area contributed by atoms with Gasteiger partial charge < -0.3 is 19.9 Å². The van der Waals surface area contributed by atoms with Crippen LogP contribution < -0.4 is 5.32 Å². The first kappa shape index (κ1) is 20.1. The predicted octanol–water partition coefficient (Wildman–Crippen LogP) is 4.18. The zero-order valence-electron chi connectivity index (χ0n) is 17.2. The van der Waals surface area contributed by atoms with Crippen LogP contribution in [0.15, 0.2) is 54.7 Å². The molecular weight excluding hydrogens is 396 g/mol. The van der Waals surface area contributed by atoms with Gasteiger partial charge in [-0.05, 0) is 75.0 Å². The second kappa shape index (κ2) is 7.91. The third-order valence-electron chi connectivity index (χ3n) is 5.68. The molecule has 0 bridgehead atoms. The summed E-state index contributed by atoms with van der Waals surface area (Å²) >= 11 is 5.63. The highest BCUT2D eigenvalue weighted by atomic mass is 32.1. The number of nitrogens with one attached hydrogen (secondary N) is 1. The van der Waals surface area contributed by atoms with E-state index in [1.807, 2.05) is 31.2 Å². The van der Waals surface area contributed by atoms with Crippen molar-refractivity contribution in [2.45, 2.75) is 32.9 Å². The number of benzene rings is 1. The van der Waals surface area contributed by atoms with E-state index < -0.39 is 5.97 Å². The van der Waals surface area contributed by atoms with Crippen molar-refractivity contribution < 1.29 is 9.90 Å². The van der Waals surface area contributed by atoms with Crippen LogP contribution in [-0.2, 0) is 0 Å². The van der Waals surface area contributed by atoms with Crippen LogP contribution in [0.3, 0.4) is 0 Å². The van der Waals surface area contributed by atoms with Gasteiger partial charge in [0.2, 0.25) is 0 Å². The molecule has 2 N–H and O–H groups in total. The highest BCUT2D eigenvalue weighted by Crippen LogP contribution is 2.41. The molecule has 1 aliphatic heterocycles. The summed E-state index contributed by atoms with van der Waals surface area (Å²) in [6.45, 7) is 6.98. The van der Waals surface area contributed by atoms with Gasteiger partial charge in [-0.15, -0.1) is 0 Å². The first-order valence-corrected chi connectivity index (χ1v) is 10.3. The Balaban J connectivity index is 1.83. The molecule has 0 radical (unpaired) electrons. The second-order valence-electron chi connectivity index (χ2n) is 7.43. The number of hydrogen-bond donors (Lipinski definition) is 2. The summed E-state index contributed by atoms with van der Waals surface area (Å²) in [6.07, 6.45) is 1.80. The molecule has 0 aliphatic carbocycles. The van der Waals surface area contributed by atoms with Gasteiger partial charge in [0, 0.05) is 29.8 Å². The van der Waals surface area contributed by atoms with Crippen molar-refractivity contribution in [3.63, 3.8) is 0 Å². The highest BCUT2D eigenvalue weighted by molar-refractivity contribution is 7.80. The number of aromatic carboxylic acids is 1. The van der Waals surface area contributed by atoms with Gasteiger partial charge in [-0.1, -0.05) is 12.1 Å². The Labute approximate surface area is 181 Å². The number of hydrogen-bond acceptors (Lipinski definition) is 3. The molecular formula is C23H24N4O2S. The number of aromatic nitrogens is 2. The average molecular weight is 421 g/mol. The number of thiocarbonyl (C=S) groups is 1. The quantitative estimate of drug-likeness (QED) is 0.604. The maximum Gasteiger partial charge on any atom is 0.335 e. The molecule has 1 aromatic carbocycles. The predicted molar refractivity (Wildman–Crippen MR) is 120 cm³/mol. The monoisotopic (exact) mass is 420 g/mol. The fourth-order valence-electron chi connectivity index (χ4n) is 4.35. The standard InChI is InChI=1S/C23H24N4O2S/c1-4-26-21(20(25-23(26)30)19-10-5-6-11-24-19)18-12-14(2)27(15(18)3)17-9-7-8-16(13-17)22(28)29/h5-13,20-21H,4H2,1-3H3,(H,25,30)(H,28,29)/t20-,21-/m0/s1. The maximum absolute atomic E-state index is 11.4. The minimum atomic E-state index is -0.933. The molecule has 7 heteroatoms. The fraction of sp³-hybridized carbons (Fsp3) is 0.261. The minimum absolute atomic E-state index is 0.00000593. The lowest BCUT2D eigenvalue weighted by Crippen LogP contribution is -2.29. The van der Waals surface area contributed by atoms with E-state index in [0.29, 0.717) is 0 Å². The van der Waals surface area contributed by atoms with Crippen LogP contribution in [0.2, 0.25) is 0 Å². The van der Waals surface area contributed by atoms with Crippen LogP contribution in [0.4, 0.5) is 0 Å². The third-order valence-corrected chi connectivity index (χ3v) is 6.03. The van der Waals surface area contributed by atoms with Gasteiger partial charge >= 0.3 is 5.97 Å². The van der Waals surface area contributed by atoms with E-state index >= 15 is 0 Å². The van der Waals surface area contributed by atoms with E-state index in [4.69, 9.17) is 12.2 Å².